The molecule has 0 atom stereocenters. The standard InChI is InChI=1S/C16H24BrN3O2/c1-3-11(4-2)16(22)20-7-5-13(6-8-20)19-15(21)14-9-12(17)10-18-14/h9-11,13,18H,3-8H2,1-2H3,(H,19,21). The number of rotatable bonds is 5. The van der Waals surface area contributed by atoms with Gasteiger partial charge in [-0.2, -0.15) is 0 Å². The third-order valence-electron chi connectivity index (χ3n) is 4.37. The molecule has 22 heavy (non-hydrogen) atoms. The Labute approximate surface area is 140 Å². The predicted molar refractivity (Wildman–Crippen MR) is 89.6 cm³/mol. The van der Waals surface area contributed by atoms with Crippen LogP contribution in [0.15, 0.2) is 16.7 Å². The van der Waals surface area contributed by atoms with Gasteiger partial charge in [-0.25, -0.2) is 0 Å². The molecule has 2 heterocycles. The molecule has 1 aromatic rings. The first-order chi connectivity index (χ1) is 10.5. The maximum Gasteiger partial charge on any atom is 0.267 e. The Morgan fingerprint density at radius 2 is 2.00 bits per heavy atom. The van der Waals surface area contributed by atoms with E-state index in [1.165, 1.54) is 0 Å². The highest BCUT2D eigenvalue weighted by Gasteiger charge is 2.27. The first-order valence-corrected chi connectivity index (χ1v) is 8.78. The molecule has 0 radical (unpaired) electrons. The zero-order chi connectivity index (χ0) is 16.1. The van der Waals surface area contributed by atoms with Crippen LogP contribution in [0.25, 0.3) is 0 Å². The topological polar surface area (TPSA) is 65.2 Å². The lowest BCUT2D eigenvalue weighted by Crippen LogP contribution is -2.48. The lowest BCUT2D eigenvalue weighted by molar-refractivity contribution is -0.136. The van der Waals surface area contributed by atoms with Gasteiger partial charge in [0.2, 0.25) is 5.91 Å². The zero-order valence-electron chi connectivity index (χ0n) is 13.2. The van der Waals surface area contributed by atoms with Crippen molar-refractivity contribution in [3.05, 3.63) is 22.4 Å². The van der Waals surface area contributed by atoms with Crippen LogP contribution in [0.4, 0.5) is 0 Å². The van der Waals surface area contributed by atoms with Gasteiger partial charge in [-0.05, 0) is 47.7 Å². The molecule has 0 aromatic carbocycles. The van der Waals surface area contributed by atoms with Crippen LogP contribution in [0.3, 0.4) is 0 Å². The number of hydrogen-bond acceptors (Lipinski definition) is 2. The van der Waals surface area contributed by atoms with E-state index in [0.29, 0.717) is 5.69 Å². The van der Waals surface area contributed by atoms with E-state index in [1.54, 1.807) is 12.3 Å². The molecule has 6 heteroatoms. The summed E-state index contributed by atoms with van der Waals surface area (Å²) in [6, 6.07) is 1.90. The van der Waals surface area contributed by atoms with Crippen molar-refractivity contribution in [1.29, 1.82) is 0 Å². The molecule has 0 unspecified atom stereocenters. The van der Waals surface area contributed by atoms with Gasteiger partial charge in [0.1, 0.15) is 5.69 Å². The van der Waals surface area contributed by atoms with Crippen LogP contribution in [0, 0.1) is 5.92 Å². The number of piperidine rings is 1. The number of carbonyl (C=O) groups excluding carboxylic acids is 2. The van der Waals surface area contributed by atoms with E-state index in [4.69, 9.17) is 0 Å². The number of aromatic nitrogens is 1. The molecule has 1 fully saturated rings. The molecular formula is C16H24BrN3O2. The summed E-state index contributed by atoms with van der Waals surface area (Å²) in [6.07, 6.45) is 5.17. The van der Waals surface area contributed by atoms with E-state index in [1.807, 2.05) is 4.90 Å². The second kappa shape index (κ2) is 7.81. The fourth-order valence-electron chi connectivity index (χ4n) is 2.90. The Morgan fingerprint density at radius 1 is 1.36 bits per heavy atom. The predicted octanol–water partition coefficient (Wildman–Crippen LogP) is 2.93. The number of nitrogens with zero attached hydrogens (tertiary/aromatic N) is 1. The van der Waals surface area contributed by atoms with Gasteiger partial charge in [0.15, 0.2) is 0 Å². The number of amides is 2. The molecule has 2 rings (SSSR count). The first-order valence-electron chi connectivity index (χ1n) is 7.98. The molecule has 2 amide bonds. The van der Waals surface area contributed by atoms with Crippen molar-refractivity contribution in [2.45, 2.75) is 45.6 Å². The SMILES string of the molecule is CCC(CC)C(=O)N1CCC(NC(=O)c2cc(Br)c[nH]2)CC1. The molecule has 0 bridgehead atoms. The number of halogens is 1. The molecule has 0 aliphatic carbocycles. The highest BCUT2D eigenvalue weighted by Crippen LogP contribution is 2.18. The Balaban J connectivity index is 1.82. The summed E-state index contributed by atoms with van der Waals surface area (Å²) in [4.78, 5) is 29.3. The Morgan fingerprint density at radius 3 is 2.50 bits per heavy atom. The van der Waals surface area contributed by atoms with Crippen molar-refractivity contribution in [3.63, 3.8) is 0 Å². The van der Waals surface area contributed by atoms with Crippen LogP contribution in [0.5, 0.6) is 0 Å². The molecule has 1 saturated heterocycles. The minimum absolute atomic E-state index is 0.0875. The van der Waals surface area contributed by atoms with Crippen molar-refractivity contribution in [2.24, 2.45) is 5.92 Å². The molecule has 2 N–H and O–H groups in total. The summed E-state index contributed by atoms with van der Waals surface area (Å²) in [5.41, 5.74) is 0.558. The number of aromatic amines is 1. The minimum Gasteiger partial charge on any atom is -0.356 e. The second-order valence-electron chi connectivity index (χ2n) is 5.82. The number of nitrogens with one attached hydrogen (secondary N) is 2. The van der Waals surface area contributed by atoms with Crippen LogP contribution in [-0.4, -0.2) is 40.8 Å². The number of hydrogen-bond donors (Lipinski definition) is 2. The Kier molecular flexibility index (Phi) is 6.06. The largest absolute Gasteiger partial charge is 0.356 e. The summed E-state index contributed by atoms with van der Waals surface area (Å²) >= 11 is 3.32. The molecule has 122 valence electrons. The maximum absolute atomic E-state index is 12.3. The van der Waals surface area contributed by atoms with E-state index in [-0.39, 0.29) is 23.8 Å². The van der Waals surface area contributed by atoms with Gasteiger partial charge in [0.05, 0.1) is 0 Å². The number of carbonyl (C=O) groups is 2. The monoisotopic (exact) mass is 369 g/mol. The molecule has 1 aliphatic heterocycles. The molecule has 1 aromatic heterocycles. The Bertz CT molecular complexity index is 517. The minimum atomic E-state index is -0.0875. The van der Waals surface area contributed by atoms with Gasteiger partial charge in [0, 0.05) is 35.7 Å². The first kappa shape index (κ1) is 17.1. The van der Waals surface area contributed by atoms with Gasteiger partial charge >= 0.3 is 0 Å². The van der Waals surface area contributed by atoms with Gasteiger partial charge in [0.25, 0.3) is 5.91 Å². The normalized spacial score (nSPS) is 16.1. The quantitative estimate of drug-likeness (QED) is 0.837. The zero-order valence-corrected chi connectivity index (χ0v) is 14.8. The third-order valence-corrected chi connectivity index (χ3v) is 4.83. The average Bonchev–Trinajstić information content (AvgIpc) is 2.96. The van der Waals surface area contributed by atoms with Crippen molar-refractivity contribution in [2.75, 3.05) is 13.1 Å². The summed E-state index contributed by atoms with van der Waals surface area (Å²) in [7, 11) is 0. The van der Waals surface area contributed by atoms with Crippen molar-refractivity contribution in [1.82, 2.24) is 15.2 Å². The third kappa shape index (κ3) is 4.12. The van der Waals surface area contributed by atoms with Crippen LogP contribution >= 0.6 is 15.9 Å². The van der Waals surface area contributed by atoms with Crippen LogP contribution in [0.1, 0.15) is 50.0 Å². The summed E-state index contributed by atoms with van der Waals surface area (Å²) in [5, 5.41) is 3.04. The van der Waals surface area contributed by atoms with Gasteiger partial charge < -0.3 is 15.2 Å². The summed E-state index contributed by atoms with van der Waals surface area (Å²) in [5.74, 6) is 0.320. The van der Waals surface area contributed by atoms with E-state index in [2.05, 4.69) is 40.1 Å². The van der Waals surface area contributed by atoms with E-state index < -0.39 is 0 Å². The highest BCUT2D eigenvalue weighted by molar-refractivity contribution is 9.10. The van der Waals surface area contributed by atoms with Crippen molar-refractivity contribution >= 4 is 27.7 Å². The molecule has 0 spiro atoms. The molecule has 0 saturated carbocycles. The van der Waals surface area contributed by atoms with Crippen LogP contribution in [-0.2, 0) is 4.79 Å². The summed E-state index contributed by atoms with van der Waals surface area (Å²) < 4.78 is 0.864. The summed E-state index contributed by atoms with van der Waals surface area (Å²) in [6.45, 7) is 5.59. The fourth-order valence-corrected chi connectivity index (χ4v) is 3.25. The van der Waals surface area contributed by atoms with Gasteiger partial charge in [-0.15, -0.1) is 0 Å². The molecule has 1 aliphatic rings. The maximum atomic E-state index is 12.3. The second-order valence-corrected chi connectivity index (χ2v) is 6.73. The fraction of sp³-hybridized carbons (Fsp3) is 0.625. The van der Waals surface area contributed by atoms with Crippen LogP contribution in [0.2, 0.25) is 0 Å². The smallest absolute Gasteiger partial charge is 0.267 e. The van der Waals surface area contributed by atoms with Crippen molar-refractivity contribution in [3.8, 4) is 0 Å². The van der Waals surface area contributed by atoms with Gasteiger partial charge in [-0.3, -0.25) is 9.59 Å². The number of likely N-dealkylation sites (tertiary alicyclic amines) is 1. The van der Waals surface area contributed by atoms with E-state index in [9.17, 15) is 9.59 Å². The molecule has 5 nitrogen and oxygen atoms in total. The van der Waals surface area contributed by atoms with Crippen LogP contribution < -0.4 is 5.32 Å². The highest BCUT2D eigenvalue weighted by atomic mass is 79.9. The van der Waals surface area contributed by atoms with Crippen molar-refractivity contribution < 1.29 is 9.59 Å². The number of H-pyrrole nitrogens is 1. The van der Waals surface area contributed by atoms with E-state index in [0.717, 1.165) is 43.2 Å². The average molecular weight is 370 g/mol. The Hall–Kier alpha value is -1.30. The lowest BCUT2D eigenvalue weighted by atomic mass is 9.98. The lowest BCUT2D eigenvalue weighted by Gasteiger charge is -2.34. The van der Waals surface area contributed by atoms with Gasteiger partial charge in [-0.1, -0.05) is 13.8 Å². The van der Waals surface area contributed by atoms with E-state index >= 15 is 0 Å². The molecular weight excluding hydrogens is 346 g/mol.